The van der Waals surface area contributed by atoms with Crippen molar-refractivity contribution in [3.63, 3.8) is 0 Å². The highest BCUT2D eigenvalue weighted by atomic mass is 16.1. The molecule has 0 atom stereocenters. The molecule has 1 aliphatic heterocycles. The predicted octanol–water partition coefficient (Wildman–Crippen LogP) is 1.80. The molecule has 2 rings (SSSR count). The Morgan fingerprint density at radius 2 is 1.85 bits per heavy atom. The average Bonchev–Trinajstić information content (AvgIpc) is 2.48. The van der Waals surface area contributed by atoms with E-state index in [0.717, 1.165) is 30.8 Å². The van der Waals surface area contributed by atoms with Crippen molar-refractivity contribution in [2.45, 2.75) is 32.1 Å². The van der Waals surface area contributed by atoms with Crippen molar-refractivity contribution in [2.75, 3.05) is 31.9 Å². The number of benzene rings is 1. The summed E-state index contributed by atoms with van der Waals surface area (Å²) in [6.07, 6.45) is 5.26. The second-order valence-electron chi connectivity index (χ2n) is 5.49. The molecule has 0 aliphatic carbocycles. The lowest BCUT2D eigenvalue weighted by atomic mass is 10.1. The number of aryl methyl sites for hydroxylation is 1. The second-order valence-corrected chi connectivity index (χ2v) is 5.49. The van der Waals surface area contributed by atoms with E-state index >= 15 is 0 Å². The second kappa shape index (κ2) is 7.90. The third kappa shape index (κ3) is 5.21. The van der Waals surface area contributed by atoms with E-state index < -0.39 is 0 Å². The lowest BCUT2D eigenvalue weighted by Crippen LogP contribution is -2.37. The molecular formula is C16H25N3O. The van der Waals surface area contributed by atoms with E-state index in [2.05, 4.69) is 10.2 Å². The maximum atomic E-state index is 11.8. The Morgan fingerprint density at radius 3 is 2.55 bits per heavy atom. The number of nitrogens with two attached hydrogens (primary N) is 1. The number of carbonyl (C=O) groups is 1. The first-order valence-corrected chi connectivity index (χ1v) is 7.57. The number of carbonyl (C=O) groups excluding carboxylic acids is 1. The zero-order valence-electron chi connectivity index (χ0n) is 12.1. The topological polar surface area (TPSA) is 58.4 Å². The van der Waals surface area contributed by atoms with E-state index in [9.17, 15) is 4.79 Å². The molecule has 20 heavy (non-hydrogen) atoms. The van der Waals surface area contributed by atoms with Gasteiger partial charge in [0, 0.05) is 25.2 Å². The number of nitrogens with zero attached hydrogens (tertiary/aromatic N) is 1. The minimum atomic E-state index is 0.138. The first kappa shape index (κ1) is 14.9. The summed E-state index contributed by atoms with van der Waals surface area (Å²) in [5.41, 5.74) is 7.56. The third-order valence-electron chi connectivity index (χ3n) is 3.82. The Kier molecular flexibility index (Phi) is 5.87. The minimum absolute atomic E-state index is 0.138. The van der Waals surface area contributed by atoms with Crippen LogP contribution in [0.15, 0.2) is 24.3 Å². The maximum Gasteiger partial charge on any atom is 0.220 e. The first-order valence-electron chi connectivity index (χ1n) is 7.57. The van der Waals surface area contributed by atoms with Crippen LogP contribution in [0.25, 0.3) is 0 Å². The quantitative estimate of drug-likeness (QED) is 0.778. The number of likely N-dealkylation sites (tertiary alicyclic amines) is 1. The molecule has 4 nitrogen and oxygen atoms in total. The van der Waals surface area contributed by atoms with E-state index in [4.69, 9.17) is 5.73 Å². The van der Waals surface area contributed by atoms with Gasteiger partial charge in [0.25, 0.3) is 0 Å². The molecule has 1 aromatic rings. The normalized spacial score (nSPS) is 16.0. The molecule has 1 saturated heterocycles. The number of nitrogens with one attached hydrogen (secondary N) is 1. The van der Waals surface area contributed by atoms with Gasteiger partial charge in [-0.3, -0.25) is 4.79 Å². The van der Waals surface area contributed by atoms with Gasteiger partial charge in [-0.05, 0) is 50.0 Å². The fourth-order valence-electron chi connectivity index (χ4n) is 2.57. The minimum Gasteiger partial charge on any atom is -0.399 e. The van der Waals surface area contributed by atoms with Crippen LogP contribution in [0.2, 0.25) is 0 Å². The van der Waals surface area contributed by atoms with Crippen molar-refractivity contribution in [3.05, 3.63) is 29.8 Å². The highest BCUT2D eigenvalue weighted by Gasteiger charge is 2.09. The predicted molar refractivity (Wildman–Crippen MR) is 82.5 cm³/mol. The van der Waals surface area contributed by atoms with Gasteiger partial charge < -0.3 is 16.0 Å². The van der Waals surface area contributed by atoms with Crippen molar-refractivity contribution in [2.24, 2.45) is 0 Å². The zero-order valence-corrected chi connectivity index (χ0v) is 12.1. The van der Waals surface area contributed by atoms with Crippen LogP contribution in [0.3, 0.4) is 0 Å². The van der Waals surface area contributed by atoms with Crippen molar-refractivity contribution in [3.8, 4) is 0 Å². The van der Waals surface area contributed by atoms with E-state index in [1.165, 1.54) is 32.4 Å². The van der Waals surface area contributed by atoms with Crippen LogP contribution < -0.4 is 11.1 Å². The van der Waals surface area contributed by atoms with Crippen LogP contribution >= 0.6 is 0 Å². The molecule has 0 radical (unpaired) electrons. The van der Waals surface area contributed by atoms with Gasteiger partial charge in [0.2, 0.25) is 5.91 Å². The van der Waals surface area contributed by atoms with Gasteiger partial charge in [-0.25, -0.2) is 0 Å². The Hall–Kier alpha value is -1.55. The molecule has 1 fully saturated rings. The SMILES string of the molecule is Nc1ccc(CCC(=O)NCCN2CCCCC2)cc1. The van der Waals surface area contributed by atoms with E-state index in [1.807, 2.05) is 24.3 Å². The zero-order chi connectivity index (χ0) is 14.2. The molecule has 1 aliphatic rings. The molecule has 1 aromatic carbocycles. The van der Waals surface area contributed by atoms with Crippen LogP contribution in [0.4, 0.5) is 5.69 Å². The fraction of sp³-hybridized carbons (Fsp3) is 0.562. The molecule has 0 aromatic heterocycles. The lowest BCUT2D eigenvalue weighted by molar-refractivity contribution is -0.121. The van der Waals surface area contributed by atoms with Gasteiger partial charge in [0.05, 0.1) is 0 Å². The molecule has 0 spiro atoms. The highest BCUT2D eigenvalue weighted by Crippen LogP contribution is 2.08. The molecule has 3 N–H and O–H groups in total. The van der Waals surface area contributed by atoms with Gasteiger partial charge >= 0.3 is 0 Å². The summed E-state index contributed by atoms with van der Waals surface area (Å²) in [5, 5.41) is 3.01. The molecular weight excluding hydrogens is 250 g/mol. The number of hydrogen-bond acceptors (Lipinski definition) is 3. The van der Waals surface area contributed by atoms with E-state index in [-0.39, 0.29) is 5.91 Å². The van der Waals surface area contributed by atoms with Crippen molar-refractivity contribution >= 4 is 11.6 Å². The number of anilines is 1. The molecule has 0 bridgehead atoms. The molecule has 1 heterocycles. The largest absolute Gasteiger partial charge is 0.399 e. The van der Waals surface area contributed by atoms with Crippen LogP contribution in [-0.4, -0.2) is 37.0 Å². The average molecular weight is 275 g/mol. The standard InChI is InChI=1S/C16H25N3O/c17-15-7-4-14(5-8-15)6-9-16(20)18-10-13-19-11-2-1-3-12-19/h4-5,7-8H,1-3,6,9-13,17H2,(H,18,20). The number of hydrogen-bond donors (Lipinski definition) is 2. The highest BCUT2D eigenvalue weighted by molar-refractivity contribution is 5.76. The lowest BCUT2D eigenvalue weighted by Gasteiger charge is -2.26. The Bertz CT molecular complexity index is 410. The molecule has 1 amide bonds. The van der Waals surface area contributed by atoms with Gasteiger partial charge in [0.15, 0.2) is 0 Å². The van der Waals surface area contributed by atoms with Crippen molar-refractivity contribution in [1.29, 1.82) is 0 Å². The monoisotopic (exact) mass is 275 g/mol. The fourth-order valence-corrected chi connectivity index (χ4v) is 2.57. The molecule has 0 saturated carbocycles. The summed E-state index contributed by atoms with van der Waals surface area (Å²) >= 11 is 0. The van der Waals surface area contributed by atoms with E-state index in [0.29, 0.717) is 6.42 Å². The Morgan fingerprint density at radius 1 is 1.15 bits per heavy atom. The van der Waals surface area contributed by atoms with Crippen LogP contribution in [0, 0.1) is 0 Å². The number of piperidine rings is 1. The van der Waals surface area contributed by atoms with Crippen LogP contribution in [-0.2, 0) is 11.2 Å². The van der Waals surface area contributed by atoms with Gasteiger partial charge in [-0.15, -0.1) is 0 Å². The van der Waals surface area contributed by atoms with Crippen LogP contribution in [0.5, 0.6) is 0 Å². The number of amides is 1. The summed E-state index contributed by atoms with van der Waals surface area (Å²) in [6, 6.07) is 7.72. The summed E-state index contributed by atoms with van der Waals surface area (Å²) in [6.45, 7) is 4.11. The van der Waals surface area contributed by atoms with Gasteiger partial charge in [-0.2, -0.15) is 0 Å². The summed E-state index contributed by atoms with van der Waals surface area (Å²) in [4.78, 5) is 14.2. The number of nitrogen functional groups attached to an aromatic ring is 1. The summed E-state index contributed by atoms with van der Waals surface area (Å²) in [7, 11) is 0. The summed E-state index contributed by atoms with van der Waals surface area (Å²) in [5.74, 6) is 0.138. The molecule has 110 valence electrons. The Labute approximate surface area is 121 Å². The van der Waals surface area contributed by atoms with Gasteiger partial charge in [0.1, 0.15) is 0 Å². The van der Waals surface area contributed by atoms with Crippen LogP contribution in [0.1, 0.15) is 31.2 Å². The molecule has 0 unspecified atom stereocenters. The number of rotatable bonds is 6. The summed E-state index contributed by atoms with van der Waals surface area (Å²) < 4.78 is 0. The first-order chi connectivity index (χ1) is 9.74. The van der Waals surface area contributed by atoms with Crippen molar-refractivity contribution < 1.29 is 4.79 Å². The smallest absolute Gasteiger partial charge is 0.220 e. The van der Waals surface area contributed by atoms with Gasteiger partial charge in [-0.1, -0.05) is 18.6 Å². The van der Waals surface area contributed by atoms with Crippen molar-refractivity contribution in [1.82, 2.24) is 10.2 Å². The Balaban J connectivity index is 1.59. The van der Waals surface area contributed by atoms with E-state index in [1.54, 1.807) is 0 Å². The third-order valence-corrected chi connectivity index (χ3v) is 3.82. The maximum absolute atomic E-state index is 11.8. The molecule has 4 heteroatoms.